The first-order valence-corrected chi connectivity index (χ1v) is 10.9. The summed E-state index contributed by atoms with van der Waals surface area (Å²) in [5.41, 5.74) is 1.32. The van der Waals surface area contributed by atoms with Crippen LogP contribution < -0.4 is 9.47 Å². The lowest BCUT2D eigenvalue weighted by atomic mass is 9.97. The normalized spacial score (nSPS) is 18.1. The van der Waals surface area contributed by atoms with Gasteiger partial charge in [0.1, 0.15) is 22.8 Å². The number of nitrogens with zero attached hydrogens (tertiary/aromatic N) is 1. The zero-order chi connectivity index (χ0) is 21.8. The Morgan fingerprint density at radius 1 is 1.13 bits per heavy atom. The number of methoxy groups -OCH3 is 2. The van der Waals surface area contributed by atoms with Gasteiger partial charge in [0.05, 0.1) is 25.8 Å². The van der Waals surface area contributed by atoms with Crippen molar-refractivity contribution in [3.63, 3.8) is 0 Å². The Kier molecular flexibility index (Phi) is 6.82. The van der Waals surface area contributed by atoms with E-state index in [9.17, 15) is 14.7 Å². The fraction of sp³-hybridized carbons (Fsp3) is 0.391. The number of aryl methyl sites for hydroxylation is 1. The highest BCUT2D eigenvalue weighted by Crippen LogP contribution is 2.45. The second-order valence-corrected chi connectivity index (χ2v) is 8.15. The van der Waals surface area contributed by atoms with Crippen LogP contribution in [0.15, 0.2) is 35.2 Å². The number of unbranched alkanes of at least 4 members (excludes halogenated alkanes) is 2. The molecule has 6 nitrogen and oxygen atoms in total. The van der Waals surface area contributed by atoms with E-state index < -0.39 is 17.7 Å². The second kappa shape index (κ2) is 9.34. The summed E-state index contributed by atoms with van der Waals surface area (Å²) in [6, 6.07) is 6.42. The van der Waals surface area contributed by atoms with Crippen molar-refractivity contribution in [2.24, 2.45) is 0 Å². The summed E-state index contributed by atoms with van der Waals surface area (Å²) in [4.78, 5) is 28.5. The van der Waals surface area contributed by atoms with Crippen molar-refractivity contribution < 1.29 is 24.2 Å². The minimum atomic E-state index is -0.685. The molecule has 1 aliphatic heterocycles. The molecule has 2 heterocycles. The molecule has 30 heavy (non-hydrogen) atoms. The van der Waals surface area contributed by atoms with E-state index >= 15 is 0 Å². The quantitative estimate of drug-likeness (QED) is 0.285. The van der Waals surface area contributed by atoms with Crippen LogP contribution in [0.3, 0.4) is 0 Å². The topological polar surface area (TPSA) is 76.1 Å². The number of thiophene rings is 1. The lowest BCUT2D eigenvalue weighted by Crippen LogP contribution is -2.30. The Balaban J connectivity index is 2.22. The number of aliphatic hydroxyl groups excluding tert-OH is 1. The van der Waals surface area contributed by atoms with Crippen LogP contribution >= 0.6 is 11.3 Å². The van der Waals surface area contributed by atoms with E-state index in [0.717, 1.165) is 29.7 Å². The van der Waals surface area contributed by atoms with Gasteiger partial charge in [-0.2, -0.15) is 0 Å². The molecule has 7 heteroatoms. The first-order valence-electron chi connectivity index (χ1n) is 9.99. The van der Waals surface area contributed by atoms with Gasteiger partial charge in [0.2, 0.25) is 0 Å². The third-order valence-corrected chi connectivity index (χ3v) is 6.43. The van der Waals surface area contributed by atoms with Crippen LogP contribution in [0, 0.1) is 6.92 Å². The molecule has 0 spiro atoms. The van der Waals surface area contributed by atoms with Crippen LogP contribution in [-0.4, -0.2) is 42.5 Å². The molecule has 1 unspecified atom stereocenters. The number of carbonyl (C=O) groups is 2. The zero-order valence-corrected chi connectivity index (χ0v) is 18.5. The van der Waals surface area contributed by atoms with Gasteiger partial charge >= 0.3 is 0 Å². The predicted octanol–water partition coefficient (Wildman–Crippen LogP) is 4.69. The van der Waals surface area contributed by atoms with Crippen LogP contribution in [-0.2, 0) is 9.59 Å². The van der Waals surface area contributed by atoms with Crippen molar-refractivity contribution in [3.05, 3.63) is 51.2 Å². The maximum atomic E-state index is 13.1. The largest absolute Gasteiger partial charge is 0.506 e. The highest BCUT2D eigenvalue weighted by Gasteiger charge is 2.47. The number of amides is 1. The molecule has 0 bridgehead atoms. The van der Waals surface area contributed by atoms with Crippen LogP contribution in [0.5, 0.6) is 11.5 Å². The van der Waals surface area contributed by atoms with Gasteiger partial charge in [0, 0.05) is 11.4 Å². The van der Waals surface area contributed by atoms with Gasteiger partial charge in [-0.1, -0.05) is 25.8 Å². The molecule has 1 N–H and O–H groups in total. The highest BCUT2D eigenvalue weighted by molar-refractivity contribution is 7.10. The first kappa shape index (κ1) is 21.9. The van der Waals surface area contributed by atoms with Gasteiger partial charge in [-0.3, -0.25) is 9.59 Å². The number of hydrogen-bond acceptors (Lipinski definition) is 6. The fourth-order valence-corrected chi connectivity index (χ4v) is 4.85. The van der Waals surface area contributed by atoms with Crippen molar-refractivity contribution in [2.75, 3.05) is 20.8 Å². The van der Waals surface area contributed by atoms with E-state index in [1.54, 1.807) is 23.1 Å². The molecule has 0 aliphatic carbocycles. The van der Waals surface area contributed by atoms with Gasteiger partial charge in [0.25, 0.3) is 11.7 Å². The molecule has 1 atom stereocenters. The second-order valence-electron chi connectivity index (χ2n) is 7.20. The number of benzene rings is 1. The molecule has 1 aromatic heterocycles. The monoisotopic (exact) mass is 429 g/mol. The molecule has 1 amide bonds. The maximum absolute atomic E-state index is 13.1. The van der Waals surface area contributed by atoms with Crippen molar-refractivity contribution >= 4 is 28.8 Å². The molecule has 3 rings (SSSR count). The van der Waals surface area contributed by atoms with Gasteiger partial charge < -0.3 is 19.5 Å². The molecule has 0 radical (unpaired) electrons. The number of rotatable bonds is 8. The lowest BCUT2D eigenvalue weighted by molar-refractivity contribution is -0.139. The van der Waals surface area contributed by atoms with Gasteiger partial charge in [-0.15, -0.1) is 11.3 Å². The number of ketones is 1. The Morgan fingerprint density at radius 3 is 2.33 bits per heavy atom. The summed E-state index contributed by atoms with van der Waals surface area (Å²) < 4.78 is 10.8. The Hall–Kier alpha value is -2.80. The lowest BCUT2D eigenvalue weighted by Gasteiger charge is -2.25. The summed E-state index contributed by atoms with van der Waals surface area (Å²) in [7, 11) is 2.96. The number of hydrogen-bond donors (Lipinski definition) is 1. The third-order valence-electron chi connectivity index (χ3n) is 5.36. The van der Waals surface area contributed by atoms with Crippen molar-refractivity contribution in [1.29, 1.82) is 0 Å². The summed E-state index contributed by atoms with van der Waals surface area (Å²) in [5, 5.41) is 13.2. The van der Waals surface area contributed by atoms with Gasteiger partial charge in [0.15, 0.2) is 0 Å². The van der Waals surface area contributed by atoms with Crippen LogP contribution in [0.2, 0.25) is 0 Å². The zero-order valence-electron chi connectivity index (χ0n) is 17.7. The van der Waals surface area contributed by atoms with E-state index in [4.69, 9.17) is 9.47 Å². The van der Waals surface area contributed by atoms with Gasteiger partial charge in [-0.05, 0) is 42.5 Å². The molecular formula is C23H27NO5S. The molecule has 160 valence electrons. The minimum Gasteiger partial charge on any atom is -0.506 e. The molecule has 1 aromatic carbocycles. The summed E-state index contributed by atoms with van der Waals surface area (Å²) in [5.74, 6) is -0.816. The van der Waals surface area contributed by atoms with E-state index in [2.05, 4.69) is 6.92 Å². The van der Waals surface area contributed by atoms with E-state index in [1.807, 2.05) is 18.4 Å². The van der Waals surface area contributed by atoms with Gasteiger partial charge in [-0.25, -0.2) is 0 Å². The maximum Gasteiger partial charge on any atom is 0.295 e. The molecule has 1 aliphatic rings. The van der Waals surface area contributed by atoms with Crippen molar-refractivity contribution in [1.82, 2.24) is 4.90 Å². The van der Waals surface area contributed by atoms with Crippen molar-refractivity contribution in [2.45, 2.75) is 39.2 Å². The Morgan fingerprint density at radius 2 is 1.80 bits per heavy atom. The summed E-state index contributed by atoms with van der Waals surface area (Å²) in [6.07, 6.45) is 2.76. The van der Waals surface area contributed by atoms with Crippen LogP contribution in [0.25, 0.3) is 5.76 Å². The van der Waals surface area contributed by atoms with E-state index in [-0.39, 0.29) is 16.9 Å². The number of ether oxygens (including phenoxy) is 2. The minimum absolute atomic E-state index is 0.0739. The highest BCUT2D eigenvalue weighted by atomic mass is 32.1. The smallest absolute Gasteiger partial charge is 0.295 e. The average Bonchev–Trinajstić information content (AvgIpc) is 3.28. The average molecular weight is 430 g/mol. The third kappa shape index (κ3) is 3.81. The number of likely N-dealkylation sites (tertiary alicyclic amines) is 1. The first-order chi connectivity index (χ1) is 14.5. The van der Waals surface area contributed by atoms with E-state index in [0.29, 0.717) is 18.0 Å². The summed E-state index contributed by atoms with van der Waals surface area (Å²) in [6.45, 7) is 4.49. The van der Waals surface area contributed by atoms with Crippen molar-refractivity contribution in [3.8, 4) is 11.5 Å². The molecule has 0 saturated carbocycles. The van der Waals surface area contributed by atoms with E-state index in [1.165, 1.54) is 25.6 Å². The van der Waals surface area contributed by atoms with Crippen LogP contribution in [0.4, 0.5) is 0 Å². The van der Waals surface area contributed by atoms with Crippen LogP contribution in [0.1, 0.15) is 48.2 Å². The molecule has 1 fully saturated rings. The Labute approximate surface area is 180 Å². The predicted molar refractivity (Wildman–Crippen MR) is 117 cm³/mol. The summed E-state index contributed by atoms with van der Waals surface area (Å²) >= 11 is 1.48. The number of Topliss-reactive ketones (excluding diaryl/α,β-unsaturated/α-hetero) is 1. The standard InChI is InChI=1S/C23H27NO5S/c1-5-6-7-12-24-19(22-14(2)11-13-30-22)18(21(26)23(24)27)20(25)17-15(28-3)9-8-10-16(17)29-4/h8-11,13,19,25H,5-7,12H2,1-4H3/b20-18+. The molecule has 1 saturated heterocycles. The SMILES string of the molecule is CCCCCN1C(=O)C(=O)/C(=C(/O)c2c(OC)cccc2OC)C1c1sccc1C. The molecular weight excluding hydrogens is 402 g/mol. The molecule has 2 aromatic rings. The Bertz CT molecular complexity index is 955. The number of carbonyl (C=O) groups excluding carboxylic acids is 2. The number of aliphatic hydroxyl groups is 1. The fourth-order valence-electron chi connectivity index (χ4n) is 3.80.